The van der Waals surface area contributed by atoms with Gasteiger partial charge in [-0.25, -0.2) is 0 Å². The number of halogens is 1. The summed E-state index contributed by atoms with van der Waals surface area (Å²) in [6.45, 7) is 4.56. The average Bonchev–Trinajstić information content (AvgIpc) is 2.80. The number of benzene rings is 1. The minimum absolute atomic E-state index is 0.814. The molecule has 2 heteroatoms. The second-order valence-corrected chi connectivity index (χ2v) is 5.86. The lowest BCUT2D eigenvalue weighted by Gasteiger charge is -2.20. The van der Waals surface area contributed by atoms with Crippen molar-refractivity contribution in [2.75, 3.05) is 13.1 Å². The minimum atomic E-state index is 0.814. The molecule has 100 valence electrons. The molecule has 2 unspecified atom stereocenters. The SMILES string of the molecule is CCCNCC1CCCC1Cc1ccccc1Cl. The van der Waals surface area contributed by atoms with Crippen molar-refractivity contribution in [3.8, 4) is 0 Å². The van der Waals surface area contributed by atoms with Crippen LogP contribution in [0.5, 0.6) is 0 Å². The molecule has 0 aromatic heterocycles. The van der Waals surface area contributed by atoms with E-state index in [0.29, 0.717) is 0 Å². The molecule has 0 aliphatic heterocycles. The van der Waals surface area contributed by atoms with Crippen molar-refractivity contribution in [1.29, 1.82) is 0 Å². The standard InChI is InChI=1S/C16H24ClN/c1-2-10-18-12-15-8-5-7-13(15)11-14-6-3-4-9-16(14)17/h3-4,6,9,13,15,18H,2,5,7-8,10-12H2,1H3. The molecule has 0 radical (unpaired) electrons. The van der Waals surface area contributed by atoms with Gasteiger partial charge in [0.1, 0.15) is 0 Å². The summed E-state index contributed by atoms with van der Waals surface area (Å²) in [6, 6.07) is 8.30. The Bertz CT molecular complexity index is 364. The molecule has 0 amide bonds. The first-order chi connectivity index (χ1) is 8.81. The Labute approximate surface area is 116 Å². The lowest BCUT2D eigenvalue weighted by atomic mass is 9.89. The molecule has 2 rings (SSSR count). The number of rotatable bonds is 6. The van der Waals surface area contributed by atoms with Crippen molar-refractivity contribution in [2.45, 2.75) is 39.0 Å². The fraction of sp³-hybridized carbons (Fsp3) is 0.625. The summed E-state index contributed by atoms with van der Waals surface area (Å²) in [5.74, 6) is 1.65. The van der Waals surface area contributed by atoms with Crippen LogP contribution in [0.2, 0.25) is 5.02 Å². The zero-order valence-corrected chi connectivity index (χ0v) is 12.0. The molecule has 1 saturated carbocycles. The van der Waals surface area contributed by atoms with Crippen LogP contribution < -0.4 is 5.32 Å². The van der Waals surface area contributed by atoms with Gasteiger partial charge in [-0.15, -0.1) is 0 Å². The van der Waals surface area contributed by atoms with Crippen LogP contribution in [0.1, 0.15) is 38.2 Å². The highest BCUT2D eigenvalue weighted by Gasteiger charge is 2.27. The number of hydrogen-bond donors (Lipinski definition) is 1. The van der Waals surface area contributed by atoms with Crippen LogP contribution in [-0.4, -0.2) is 13.1 Å². The van der Waals surface area contributed by atoms with Crippen LogP contribution in [0, 0.1) is 11.8 Å². The molecular formula is C16H24ClN. The molecule has 0 bridgehead atoms. The van der Waals surface area contributed by atoms with Crippen LogP contribution in [0.15, 0.2) is 24.3 Å². The first-order valence-electron chi connectivity index (χ1n) is 7.25. The van der Waals surface area contributed by atoms with Gasteiger partial charge in [0.05, 0.1) is 0 Å². The lowest BCUT2D eigenvalue weighted by molar-refractivity contribution is 0.365. The summed E-state index contributed by atoms with van der Waals surface area (Å²) in [6.07, 6.45) is 6.50. The van der Waals surface area contributed by atoms with E-state index in [9.17, 15) is 0 Å². The number of hydrogen-bond acceptors (Lipinski definition) is 1. The van der Waals surface area contributed by atoms with Gasteiger partial charge in [-0.3, -0.25) is 0 Å². The second kappa shape index (κ2) is 7.16. The summed E-state index contributed by atoms with van der Waals surface area (Å²) in [5.41, 5.74) is 1.33. The first-order valence-corrected chi connectivity index (χ1v) is 7.63. The fourth-order valence-corrected chi connectivity index (χ4v) is 3.27. The highest BCUT2D eigenvalue weighted by molar-refractivity contribution is 6.31. The predicted octanol–water partition coefficient (Wildman–Crippen LogP) is 4.30. The van der Waals surface area contributed by atoms with Crippen molar-refractivity contribution in [1.82, 2.24) is 5.32 Å². The van der Waals surface area contributed by atoms with Gasteiger partial charge in [-0.2, -0.15) is 0 Å². The Kier molecular flexibility index (Phi) is 5.52. The van der Waals surface area contributed by atoms with Gasteiger partial charge in [0, 0.05) is 5.02 Å². The van der Waals surface area contributed by atoms with E-state index in [4.69, 9.17) is 11.6 Å². The first kappa shape index (κ1) is 13.9. The predicted molar refractivity (Wildman–Crippen MR) is 79.1 cm³/mol. The molecule has 1 fully saturated rings. The summed E-state index contributed by atoms with van der Waals surface area (Å²) < 4.78 is 0. The summed E-state index contributed by atoms with van der Waals surface area (Å²) in [4.78, 5) is 0. The molecule has 0 saturated heterocycles. The zero-order chi connectivity index (χ0) is 12.8. The molecule has 1 aromatic rings. The van der Waals surface area contributed by atoms with Crippen LogP contribution >= 0.6 is 11.6 Å². The van der Waals surface area contributed by atoms with E-state index in [1.54, 1.807) is 0 Å². The zero-order valence-electron chi connectivity index (χ0n) is 11.3. The van der Waals surface area contributed by atoms with Gasteiger partial charge < -0.3 is 5.32 Å². The van der Waals surface area contributed by atoms with Gasteiger partial charge in [0.2, 0.25) is 0 Å². The molecule has 1 aliphatic rings. The van der Waals surface area contributed by atoms with Gasteiger partial charge in [0.15, 0.2) is 0 Å². The average molecular weight is 266 g/mol. The van der Waals surface area contributed by atoms with E-state index in [-0.39, 0.29) is 0 Å². The topological polar surface area (TPSA) is 12.0 Å². The summed E-state index contributed by atoms with van der Waals surface area (Å²) in [7, 11) is 0. The monoisotopic (exact) mass is 265 g/mol. The van der Waals surface area contributed by atoms with Crippen LogP contribution in [0.4, 0.5) is 0 Å². The molecule has 1 N–H and O–H groups in total. The van der Waals surface area contributed by atoms with Gasteiger partial charge in [-0.05, 0) is 62.2 Å². The van der Waals surface area contributed by atoms with Crippen molar-refractivity contribution in [2.24, 2.45) is 11.8 Å². The van der Waals surface area contributed by atoms with Crippen molar-refractivity contribution >= 4 is 11.6 Å². The van der Waals surface area contributed by atoms with Gasteiger partial charge in [0.25, 0.3) is 0 Å². The normalized spacial score (nSPS) is 23.4. The highest BCUT2D eigenvalue weighted by Crippen LogP contribution is 2.35. The highest BCUT2D eigenvalue weighted by atomic mass is 35.5. The Morgan fingerprint density at radius 2 is 2.00 bits per heavy atom. The quantitative estimate of drug-likeness (QED) is 0.757. The van der Waals surface area contributed by atoms with Gasteiger partial charge >= 0.3 is 0 Å². The second-order valence-electron chi connectivity index (χ2n) is 5.45. The van der Waals surface area contributed by atoms with E-state index in [2.05, 4.69) is 24.4 Å². The number of nitrogens with one attached hydrogen (secondary N) is 1. The maximum Gasteiger partial charge on any atom is 0.0438 e. The summed E-state index contributed by atoms with van der Waals surface area (Å²) >= 11 is 6.26. The van der Waals surface area contributed by atoms with Crippen molar-refractivity contribution < 1.29 is 0 Å². The van der Waals surface area contributed by atoms with E-state index in [0.717, 1.165) is 29.8 Å². The Hall–Kier alpha value is -0.530. The van der Waals surface area contributed by atoms with Crippen molar-refractivity contribution in [3.63, 3.8) is 0 Å². The third-order valence-corrected chi connectivity index (χ3v) is 4.46. The minimum Gasteiger partial charge on any atom is -0.316 e. The van der Waals surface area contributed by atoms with E-state index >= 15 is 0 Å². The molecular weight excluding hydrogens is 242 g/mol. The Morgan fingerprint density at radius 3 is 2.78 bits per heavy atom. The van der Waals surface area contributed by atoms with Crippen LogP contribution in [-0.2, 0) is 6.42 Å². The van der Waals surface area contributed by atoms with E-state index < -0.39 is 0 Å². The van der Waals surface area contributed by atoms with Crippen LogP contribution in [0.25, 0.3) is 0 Å². The Balaban J connectivity index is 1.89. The molecule has 1 aromatic carbocycles. The molecule has 0 heterocycles. The molecule has 2 atom stereocenters. The maximum atomic E-state index is 6.26. The maximum absolute atomic E-state index is 6.26. The Morgan fingerprint density at radius 1 is 1.22 bits per heavy atom. The van der Waals surface area contributed by atoms with E-state index in [1.165, 1.54) is 37.8 Å². The van der Waals surface area contributed by atoms with Crippen LogP contribution in [0.3, 0.4) is 0 Å². The van der Waals surface area contributed by atoms with E-state index in [1.807, 2.05) is 12.1 Å². The third-order valence-electron chi connectivity index (χ3n) is 4.09. The fourth-order valence-electron chi connectivity index (χ4n) is 3.06. The third kappa shape index (κ3) is 3.73. The molecule has 1 aliphatic carbocycles. The molecule has 1 nitrogen and oxygen atoms in total. The summed E-state index contributed by atoms with van der Waals surface area (Å²) in [5, 5.41) is 4.51. The lowest BCUT2D eigenvalue weighted by Crippen LogP contribution is -2.26. The molecule has 18 heavy (non-hydrogen) atoms. The van der Waals surface area contributed by atoms with Gasteiger partial charge in [-0.1, -0.05) is 43.1 Å². The molecule has 0 spiro atoms. The van der Waals surface area contributed by atoms with Crippen molar-refractivity contribution in [3.05, 3.63) is 34.9 Å². The smallest absolute Gasteiger partial charge is 0.0438 e. The largest absolute Gasteiger partial charge is 0.316 e.